The lowest BCUT2D eigenvalue weighted by Crippen LogP contribution is -2.36. The third-order valence-corrected chi connectivity index (χ3v) is 2.93. The van der Waals surface area contributed by atoms with Gasteiger partial charge in [-0.25, -0.2) is 9.78 Å². The molecular weight excluding hydrogens is 256 g/mol. The maximum Gasteiger partial charge on any atom is 0.336 e. The Balaban J connectivity index is 2.38. The van der Waals surface area contributed by atoms with Crippen LogP contribution in [0.1, 0.15) is 24.2 Å². The minimum Gasteiger partial charge on any atom is -0.478 e. The molecule has 0 spiro atoms. The molecule has 0 saturated carbocycles. The fourth-order valence-corrected chi connectivity index (χ4v) is 2.15. The first-order chi connectivity index (χ1) is 9.43. The van der Waals surface area contributed by atoms with Gasteiger partial charge in [-0.1, -0.05) is 6.07 Å². The molecule has 0 bridgehead atoms. The number of hydrogen-bond acceptors (Lipinski definition) is 4. The Hall–Kier alpha value is -2.14. The SMILES string of the molecule is COCC(C)(C)Nc1ccc2c(C(=O)O)cccc2n1. The standard InChI is InChI=1S/C15H18N2O3/c1-15(2,9-20-3)17-13-8-7-10-11(14(18)19)5-4-6-12(10)16-13/h4-8H,9H2,1-3H3,(H,16,17)(H,18,19). The number of ether oxygens (including phenoxy) is 1. The van der Waals surface area contributed by atoms with Crippen molar-refractivity contribution in [1.82, 2.24) is 4.98 Å². The lowest BCUT2D eigenvalue weighted by molar-refractivity contribution is 0.0699. The highest BCUT2D eigenvalue weighted by atomic mass is 16.5. The summed E-state index contributed by atoms with van der Waals surface area (Å²) in [6.07, 6.45) is 0. The number of hydrogen-bond donors (Lipinski definition) is 2. The second-order valence-electron chi connectivity index (χ2n) is 5.32. The lowest BCUT2D eigenvalue weighted by Gasteiger charge is -2.26. The predicted molar refractivity (Wildman–Crippen MR) is 78.3 cm³/mol. The van der Waals surface area contributed by atoms with E-state index in [-0.39, 0.29) is 11.1 Å². The van der Waals surface area contributed by atoms with Crippen LogP contribution in [0.25, 0.3) is 10.9 Å². The van der Waals surface area contributed by atoms with E-state index in [1.54, 1.807) is 37.4 Å². The molecule has 0 saturated heterocycles. The molecule has 2 N–H and O–H groups in total. The van der Waals surface area contributed by atoms with Crippen molar-refractivity contribution >= 4 is 22.7 Å². The lowest BCUT2D eigenvalue weighted by atomic mass is 10.1. The highest BCUT2D eigenvalue weighted by Gasteiger charge is 2.18. The molecule has 5 heteroatoms. The number of carbonyl (C=O) groups is 1. The summed E-state index contributed by atoms with van der Waals surface area (Å²) in [6, 6.07) is 8.64. The van der Waals surface area contributed by atoms with E-state index >= 15 is 0 Å². The summed E-state index contributed by atoms with van der Waals surface area (Å²) in [4.78, 5) is 15.6. The van der Waals surface area contributed by atoms with Gasteiger partial charge in [0.1, 0.15) is 5.82 Å². The molecule has 1 aromatic heterocycles. The number of carboxylic acids is 1. The fraction of sp³-hybridized carbons (Fsp3) is 0.333. The topological polar surface area (TPSA) is 71.5 Å². The molecule has 0 atom stereocenters. The molecule has 2 aromatic rings. The monoisotopic (exact) mass is 274 g/mol. The van der Waals surface area contributed by atoms with Gasteiger partial charge in [0.2, 0.25) is 0 Å². The number of aromatic carboxylic acids is 1. The zero-order chi connectivity index (χ0) is 14.8. The minimum atomic E-state index is -0.946. The number of aromatic nitrogens is 1. The van der Waals surface area contributed by atoms with E-state index in [9.17, 15) is 4.79 Å². The van der Waals surface area contributed by atoms with Crippen molar-refractivity contribution < 1.29 is 14.6 Å². The number of nitrogens with one attached hydrogen (secondary N) is 1. The van der Waals surface area contributed by atoms with Crippen LogP contribution in [0.3, 0.4) is 0 Å². The minimum absolute atomic E-state index is 0.250. The van der Waals surface area contributed by atoms with Crippen LogP contribution in [-0.2, 0) is 4.74 Å². The average Bonchev–Trinajstić information content (AvgIpc) is 2.36. The highest BCUT2D eigenvalue weighted by molar-refractivity contribution is 6.02. The molecule has 2 rings (SSSR count). The Morgan fingerprint density at radius 3 is 2.75 bits per heavy atom. The highest BCUT2D eigenvalue weighted by Crippen LogP contribution is 2.21. The smallest absolute Gasteiger partial charge is 0.336 e. The Labute approximate surface area is 117 Å². The van der Waals surface area contributed by atoms with Gasteiger partial charge in [-0.2, -0.15) is 0 Å². The van der Waals surface area contributed by atoms with Gasteiger partial charge >= 0.3 is 5.97 Å². The molecule has 0 unspecified atom stereocenters. The van der Waals surface area contributed by atoms with E-state index in [0.717, 1.165) is 0 Å². The Morgan fingerprint density at radius 1 is 1.35 bits per heavy atom. The number of anilines is 1. The van der Waals surface area contributed by atoms with Gasteiger partial charge in [-0.15, -0.1) is 0 Å². The van der Waals surface area contributed by atoms with Crippen LogP contribution in [0, 0.1) is 0 Å². The first-order valence-corrected chi connectivity index (χ1v) is 6.33. The predicted octanol–water partition coefficient (Wildman–Crippen LogP) is 2.77. The third kappa shape index (κ3) is 3.05. The quantitative estimate of drug-likeness (QED) is 0.877. The van der Waals surface area contributed by atoms with Crippen molar-refractivity contribution in [2.24, 2.45) is 0 Å². The third-order valence-electron chi connectivity index (χ3n) is 2.93. The number of carboxylic acid groups (broad SMARTS) is 1. The molecule has 0 amide bonds. The van der Waals surface area contributed by atoms with E-state index in [0.29, 0.717) is 23.3 Å². The van der Waals surface area contributed by atoms with Gasteiger partial charge in [0.05, 0.1) is 23.2 Å². The van der Waals surface area contributed by atoms with E-state index in [1.807, 2.05) is 13.8 Å². The summed E-state index contributed by atoms with van der Waals surface area (Å²) >= 11 is 0. The molecule has 20 heavy (non-hydrogen) atoms. The molecule has 1 aromatic carbocycles. The number of nitrogens with zero attached hydrogens (tertiary/aromatic N) is 1. The van der Waals surface area contributed by atoms with Crippen LogP contribution in [-0.4, -0.2) is 35.3 Å². The van der Waals surface area contributed by atoms with Crippen LogP contribution in [0.4, 0.5) is 5.82 Å². The van der Waals surface area contributed by atoms with E-state index in [4.69, 9.17) is 9.84 Å². The Morgan fingerprint density at radius 2 is 2.10 bits per heavy atom. The van der Waals surface area contributed by atoms with Crippen LogP contribution < -0.4 is 5.32 Å². The summed E-state index contributed by atoms with van der Waals surface area (Å²) in [6.45, 7) is 4.56. The fourth-order valence-electron chi connectivity index (χ4n) is 2.15. The van der Waals surface area contributed by atoms with Crippen molar-refractivity contribution in [2.45, 2.75) is 19.4 Å². The molecule has 0 aliphatic carbocycles. The second-order valence-corrected chi connectivity index (χ2v) is 5.32. The van der Waals surface area contributed by atoms with E-state index in [2.05, 4.69) is 10.3 Å². The van der Waals surface area contributed by atoms with Crippen molar-refractivity contribution in [3.05, 3.63) is 35.9 Å². The molecular formula is C15H18N2O3. The van der Waals surface area contributed by atoms with Crippen LogP contribution in [0.5, 0.6) is 0 Å². The molecule has 1 heterocycles. The Kier molecular flexibility index (Phi) is 3.90. The molecule has 0 fully saturated rings. The van der Waals surface area contributed by atoms with Crippen molar-refractivity contribution in [2.75, 3.05) is 19.0 Å². The first-order valence-electron chi connectivity index (χ1n) is 6.33. The van der Waals surface area contributed by atoms with Crippen LogP contribution >= 0.6 is 0 Å². The first kappa shape index (κ1) is 14.3. The van der Waals surface area contributed by atoms with Crippen LogP contribution in [0.2, 0.25) is 0 Å². The maximum atomic E-state index is 11.2. The van der Waals surface area contributed by atoms with Gasteiger partial charge in [0.15, 0.2) is 0 Å². The zero-order valence-electron chi connectivity index (χ0n) is 11.8. The summed E-state index contributed by atoms with van der Waals surface area (Å²) in [5.41, 5.74) is 0.667. The summed E-state index contributed by atoms with van der Waals surface area (Å²) in [7, 11) is 1.65. The summed E-state index contributed by atoms with van der Waals surface area (Å²) in [5, 5.41) is 13.1. The van der Waals surface area contributed by atoms with Crippen LogP contribution in [0.15, 0.2) is 30.3 Å². The van der Waals surface area contributed by atoms with Crippen molar-refractivity contribution in [3.63, 3.8) is 0 Å². The summed E-state index contributed by atoms with van der Waals surface area (Å²) < 4.78 is 5.15. The van der Waals surface area contributed by atoms with Gasteiger partial charge in [0, 0.05) is 12.5 Å². The number of pyridine rings is 1. The van der Waals surface area contributed by atoms with Gasteiger partial charge in [0.25, 0.3) is 0 Å². The molecule has 0 radical (unpaired) electrons. The van der Waals surface area contributed by atoms with Gasteiger partial charge in [-0.3, -0.25) is 0 Å². The number of rotatable bonds is 5. The van der Waals surface area contributed by atoms with E-state index in [1.165, 1.54) is 0 Å². The van der Waals surface area contributed by atoms with Crippen molar-refractivity contribution in [1.29, 1.82) is 0 Å². The maximum absolute atomic E-state index is 11.2. The number of methoxy groups -OCH3 is 1. The molecule has 0 aliphatic heterocycles. The molecule has 5 nitrogen and oxygen atoms in total. The Bertz CT molecular complexity index is 638. The van der Waals surface area contributed by atoms with Gasteiger partial charge < -0.3 is 15.2 Å². The average molecular weight is 274 g/mol. The van der Waals surface area contributed by atoms with Gasteiger partial charge in [-0.05, 0) is 38.1 Å². The normalized spacial score (nSPS) is 11.6. The number of benzene rings is 1. The molecule has 0 aliphatic rings. The van der Waals surface area contributed by atoms with E-state index < -0.39 is 5.97 Å². The largest absolute Gasteiger partial charge is 0.478 e. The number of fused-ring (bicyclic) bond motifs is 1. The summed E-state index contributed by atoms with van der Waals surface area (Å²) in [5.74, 6) is -0.250. The van der Waals surface area contributed by atoms with Crippen molar-refractivity contribution in [3.8, 4) is 0 Å². The molecule has 106 valence electrons. The second kappa shape index (κ2) is 5.46. The zero-order valence-corrected chi connectivity index (χ0v) is 11.8.